The normalized spacial score (nSPS) is 14.2. The highest BCUT2D eigenvalue weighted by molar-refractivity contribution is 14.1. The zero-order chi connectivity index (χ0) is 17.1. The lowest BCUT2D eigenvalue weighted by Gasteiger charge is -2.27. The van der Waals surface area contributed by atoms with E-state index in [0.717, 1.165) is 0 Å². The standard InChI is InChI=1S/C16H14FIN4O2/c17-12-7-10(1-3-13(12)18)16(24)21-11-2-4-14(20-8-11)22-6-5-19-15(23)9-22/h1-4,7-8H,5-6,9H2,(H,19,23)(H,21,24). The topological polar surface area (TPSA) is 74.3 Å². The summed E-state index contributed by atoms with van der Waals surface area (Å²) in [6, 6.07) is 7.76. The van der Waals surface area contributed by atoms with E-state index in [2.05, 4.69) is 15.6 Å². The van der Waals surface area contributed by atoms with Crippen LogP contribution in [-0.4, -0.2) is 36.4 Å². The second kappa shape index (κ2) is 7.12. The fraction of sp³-hybridized carbons (Fsp3) is 0.188. The first-order chi connectivity index (χ1) is 11.5. The summed E-state index contributed by atoms with van der Waals surface area (Å²) in [5.74, 6) is -0.207. The summed E-state index contributed by atoms with van der Waals surface area (Å²) in [7, 11) is 0. The van der Waals surface area contributed by atoms with Crippen molar-refractivity contribution in [3.63, 3.8) is 0 Å². The number of halogens is 2. The molecule has 1 aromatic carbocycles. The van der Waals surface area contributed by atoms with Crippen molar-refractivity contribution in [1.29, 1.82) is 0 Å². The van der Waals surface area contributed by atoms with Crippen molar-refractivity contribution in [3.8, 4) is 0 Å². The number of nitrogens with zero attached hydrogens (tertiary/aromatic N) is 2. The molecule has 3 rings (SSSR count). The van der Waals surface area contributed by atoms with Crippen LogP contribution < -0.4 is 15.5 Å². The predicted octanol–water partition coefficient (Wildman–Crippen LogP) is 2.01. The largest absolute Gasteiger partial charge is 0.353 e. The van der Waals surface area contributed by atoms with Gasteiger partial charge in [-0.25, -0.2) is 9.37 Å². The quantitative estimate of drug-likeness (QED) is 0.717. The van der Waals surface area contributed by atoms with Gasteiger partial charge in [0.1, 0.15) is 11.6 Å². The minimum Gasteiger partial charge on any atom is -0.353 e. The summed E-state index contributed by atoms with van der Waals surface area (Å²) >= 11 is 1.86. The molecule has 2 N–H and O–H groups in total. The lowest BCUT2D eigenvalue weighted by atomic mass is 10.2. The zero-order valence-corrected chi connectivity index (χ0v) is 14.7. The van der Waals surface area contributed by atoms with Crippen LogP contribution >= 0.6 is 22.6 Å². The van der Waals surface area contributed by atoms with Crippen LogP contribution in [-0.2, 0) is 4.79 Å². The summed E-state index contributed by atoms with van der Waals surface area (Å²) in [4.78, 5) is 29.7. The second-order valence-electron chi connectivity index (χ2n) is 5.26. The molecule has 0 radical (unpaired) electrons. The predicted molar refractivity (Wildman–Crippen MR) is 96.5 cm³/mol. The number of piperazine rings is 1. The molecule has 1 aromatic heterocycles. The average molecular weight is 440 g/mol. The number of carbonyl (C=O) groups is 2. The van der Waals surface area contributed by atoms with Crippen LogP contribution in [0.25, 0.3) is 0 Å². The van der Waals surface area contributed by atoms with Crippen LogP contribution in [0.2, 0.25) is 0 Å². The van der Waals surface area contributed by atoms with Crippen molar-refractivity contribution < 1.29 is 14.0 Å². The van der Waals surface area contributed by atoms with Crippen molar-refractivity contribution >= 4 is 45.9 Å². The van der Waals surface area contributed by atoms with E-state index in [1.807, 2.05) is 27.5 Å². The van der Waals surface area contributed by atoms with Gasteiger partial charge in [-0.15, -0.1) is 0 Å². The summed E-state index contributed by atoms with van der Waals surface area (Å²) in [6.45, 7) is 1.53. The highest BCUT2D eigenvalue weighted by atomic mass is 127. The van der Waals surface area contributed by atoms with E-state index in [-0.39, 0.29) is 18.0 Å². The number of carbonyl (C=O) groups excluding carboxylic acids is 2. The maximum Gasteiger partial charge on any atom is 0.255 e. The Labute approximate surface area is 151 Å². The van der Waals surface area contributed by atoms with Gasteiger partial charge in [-0.1, -0.05) is 0 Å². The molecule has 1 fully saturated rings. The fourth-order valence-corrected chi connectivity index (χ4v) is 2.66. The van der Waals surface area contributed by atoms with Crippen molar-refractivity contribution in [2.24, 2.45) is 0 Å². The van der Waals surface area contributed by atoms with Gasteiger partial charge in [0.05, 0.1) is 18.4 Å². The Bertz CT molecular complexity index is 782. The lowest BCUT2D eigenvalue weighted by molar-refractivity contribution is -0.120. The third kappa shape index (κ3) is 3.81. The average Bonchev–Trinajstić information content (AvgIpc) is 2.58. The van der Waals surface area contributed by atoms with Crippen LogP contribution in [0.3, 0.4) is 0 Å². The number of aromatic nitrogens is 1. The smallest absolute Gasteiger partial charge is 0.255 e. The van der Waals surface area contributed by atoms with Gasteiger partial charge in [0.15, 0.2) is 0 Å². The molecule has 0 bridgehead atoms. The Morgan fingerprint density at radius 1 is 1.33 bits per heavy atom. The molecule has 6 nitrogen and oxygen atoms in total. The van der Waals surface area contributed by atoms with E-state index in [9.17, 15) is 14.0 Å². The SMILES string of the molecule is O=C1CN(c2ccc(NC(=O)c3ccc(I)c(F)c3)cn2)CCN1. The molecule has 0 spiro atoms. The van der Waals surface area contributed by atoms with Gasteiger partial charge in [-0.3, -0.25) is 9.59 Å². The lowest BCUT2D eigenvalue weighted by Crippen LogP contribution is -2.48. The van der Waals surface area contributed by atoms with Crippen molar-refractivity contribution in [2.45, 2.75) is 0 Å². The molecule has 8 heteroatoms. The van der Waals surface area contributed by atoms with Gasteiger partial charge < -0.3 is 15.5 Å². The molecule has 2 aromatic rings. The first-order valence-corrected chi connectivity index (χ1v) is 8.35. The first-order valence-electron chi connectivity index (χ1n) is 7.27. The number of nitrogens with one attached hydrogen (secondary N) is 2. The fourth-order valence-electron chi connectivity index (χ4n) is 2.32. The molecular formula is C16H14FIN4O2. The van der Waals surface area contributed by atoms with Gasteiger partial charge in [0, 0.05) is 22.2 Å². The highest BCUT2D eigenvalue weighted by Gasteiger charge is 2.17. The number of pyridine rings is 1. The zero-order valence-electron chi connectivity index (χ0n) is 12.6. The maximum absolute atomic E-state index is 13.5. The number of rotatable bonds is 3. The van der Waals surface area contributed by atoms with Crippen molar-refractivity contribution in [3.05, 3.63) is 51.5 Å². The van der Waals surface area contributed by atoms with E-state index in [1.54, 1.807) is 24.3 Å². The van der Waals surface area contributed by atoms with Crippen molar-refractivity contribution in [2.75, 3.05) is 29.9 Å². The van der Waals surface area contributed by atoms with Gasteiger partial charge in [-0.2, -0.15) is 0 Å². The van der Waals surface area contributed by atoms with Crippen molar-refractivity contribution in [1.82, 2.24) is 10.3 Å². The van der Waals surface area contributed by atoms with Crippen LogP contribution in [0.15, 0.2) is 36.5 Å². The molecule has 1 saturated heterocycles. The van der Waals surface area contributed by atoms with E-state index < -0.39 is 11.7 Å². The van der Waals surface area contributed by atoms with Crippen LogP contribution in [0.5, 0.6) is 0 Å². The van der Waals surface area contributed by atoms with Crippen LogP contribution in [0.4, 0.5) is 15.9 Å². The Hall–Kier alpha value is -2.23. The number of hydrogen-bond acceptors (Lipinski definition) is 4. The second-order valence-corrected chi connectivity index (χ2v) is 6.42. The maximum atomic E-state index is 13.5. The Kier molecular flexibility index (Phi) is 4.93. The molecule has 1 aliphatic heterocycles. The molecule has 2 amide bonds. The van der Waals surface area contributed by atoms with Gasteiger partial charge in [0.2, 0.25) is 5.91 Å². The van der Waals surface area contributed by atoms with Crippen LogP contribution in [0, 0.1) is 9.39 Å². The molecule has 0 unspecified atom stereocenters. The number of amides is 2. The molecule has 0 saturated carbocycles. The van der Waals surface area contributed by atoms with Gasteiger partial charge in [0.25, 0.3) is 5.91 Å². The highest BCUT2D eigenvalue weighted by Crippen LogP contribution is 2.17. The summed E-state index contributed by atoms with van der Waals surface area (Å²) in [6.07, 6.45) is 1.52. The minimum absolute atomic E-state index is 0.0406. The van der Waals surface area contributed by atoms with Gasteiger partial charge >= 0.3 is 0 Å². The molecule has 124 valence electrons. The molecular weight excluding hydrogens is 426 g/mol. The van der Waals surface area contributed by atoms with E-state index >= 15 is 0 Å². The summed E-state index contributed by atoms with van der Waals surface area (Å²) in [5.41, 5.74) is 0.744. The first kappa shape index (κ1) is 16.6. The van der Waals surface area contributed by atoms with E-state index in [4.69, 9.17) is 0 Å². The molecule has 2 heterocycles. The molecule has 0 aliphatic carbocycles. The van der Waals surface area contributed by atoms with E-state index in [0.29, 0.717) is 28.2 Å². The summed E-state index contributed by atoms with van der Waals surface area (Å²) < 4.78 is 14.0. The molecule has 1 aliphatic rings. The Balaban J connectivity index is 1.68. The molecule has 0 atom stereocenters. The monoisotopic (exact) mass is 440 g/mol. The summed E-state index contributed by atoms with van der Waals surface area (Å²) in [5, 5.41) is 5.42. The van der Waals surface area contributed by atoms with Gasteiger partial charge in [-0.05, 0) is 52.9 Å². The van der Waals surface area contributed by atoms with Crippen LogP contribution in [0.1, 0.15) is 10.4 Å². The number of hydrogen-bond donors (Lipinski definition) is 2. The Morgan fingerprint density at radius 2 is 2.17 bits per heavy atom. The van der Waals surface area contributed by atoms with E-state index in [1.165, 1.54) is 12.3 Å². The minimum atomic E-state index is -0.430. The Morgan fingerprint density at radius 3 is 2.83 bits per heavy atom. The third-order valence-electron chi connectivity index (χ3n) is 3.55. The molecule has 24 heavy (non-hydrogen) atoms. The third-order valence-corrected chi connectivity index (χ3v) is 4.42. The number of anilines is 2. The number of benzene rings is 1.